The molecule has 2 aliphatic carbocycles. The second-order valence-corrected chi connectivity index (χ2v) is 7.51. The van der Waals surface area contributed by atoms with Crippen molar-refractivity contribution in [1.29, 1.82) is 0 Å². The molecular formula is C14H22F3NS. The Labute approximate surface area is 117 Å². The maximum absolute atomic E-state index is 12.2. The summed E-state index contributed by atoms with van der Waals surface area (Å²) >= 11 is -0.187. The minimum Gasteiger partial charge on any atom is -0.326 e. The normalized spacial score (nSPS) is 38.9. The Morgan fingerprint density at radius 3 is 2.21 bits per heavy atom. The first-order chi connectivity index (χ1) is 8.68. The van der Waals surface area contributed by atoms with Gasteiger partial charge in [0.1, 0.15) is 0 Å². The van der Waals surface area contributed by atoms with Gasteiger partial charge in [0.15, 0.2) is 0 Å². The Morgan fingerprint density at radius 1 is 1.21 bits per heavy atom. The quantitative estimate of drug-likeness (QED) is 0.726. The number of hydrogen-bond donors (Lipinski definition) is 1. The van der Waals surface area contributed by atoms with Crippen molar-refractivity contribution < 1.29 is 13.2 Å². The van der Waals surface area contributed by atoms with Crippen LogP contribution in [0.15, 0.2) is 12.3 Å². The molecule has 0 aliphatic heterocycles. The van der Waals surface area contributed by atoms with Gasteiger partial charge in [0.05, 0.1) is 11.9 Å². The second kappa shape index (κ2) is 5.23. The molecule has 110 valence electrons. The van der Waals surface area contributed by atoms with Gasteiger partial charge >= 0.3 is 5.51 Å². The maximum Gasteiger partial charge on any atom is 0.461 e. The van der Waals surface area contributed by atoms with Crippen LogP contribution in [0.4, 0.5) is 13.2 Å². The zero-order valence-electron chi connectivity index (χ0n) is 11.5. The van der Waals surface area contributed by atoms with Crippen LogP contribution in [0.5, 0.6) is 0 Å². The number of allylic oxidation sites excluding steroid dienone is 1. The van der Waals surface area contributed by atoms with Crippen molar-refractivity contribution in [3.63, 3.8) is 0 Å². The first-order valence-electron chi connectivity index (χ1n) is 6.88. The summed E-state index contributed by atoms with van der Waals surface area (Å²) in [6.07, 6.45) is 5.62. The lowest BCUT2D eigenvalue weighted by Gasteiger charge is -2.48. The molecule has 2 rings (SSSR count). The van der Waals surface area contributed by atoms with Gasteiger partial charge in [-0.2, -0.15) is 13.2 Å². The van der Waals surface area contributed by atoms with Crippen LogP contribution in [0.25, 0.3) is 0 Å². The lowest BCUT2D eigenvalue weighted by molar-refractivity contribution is -0.0336. The lowest BCUT2D eigenvalue weighted by atomic mass is 9.59. The Kier molecular flexibility index (Phi) is 4.15. The second-order valence-electron chi connectivity index (χ2n) is 6.64. The van der Waals surface area contributed by atoms with Gasteiger partial charge in [0, 0.05) is 11.1 Å². The average Bonchev–Trinajstić information content (AvgIpc) is 2.22. The molecule has 1 N–H and O–H groups in total. The van der Waals surface area contributed by atoms with Crippen molar-refractivity contribution in [1.82, 2.24) is 4.72 Å². The third kappa shape index (κ3) is 3.83. The zero-order valence-corrected chi connectivity index (χ0v) is 12.3. The summed E-state index contributed by atoms with van der Waals surface area (Å²) in [6, 6.07) is 0. The molecule has 2 atom stereocenters. The molecule has 19 heavy (non-hydrogen) atoms. The van der Waals surface area contributed by atoms with Crippen LogP contribution in [-0.4, -0.2) is 5.51 Å². The Bertz CT molecular complexity index is 335. The molecule has 5 heteroatoms. The molecule has 0 spiro atoms. The topological polar surface area (TPSA) is 12.0 Å². The highest BCUT2D eigenvalue weighted by atomic mass is 32.2. The Hall–Kier alpha value is -0.320. The first kappa shape index (κ1) is 15.1. The van der Waals surface area contributed by atoms with Gasteiger partial charge in [-0.3, -0.25) is 0 Å². The van der Waals surface area contributed by atoms with E-state index in [1.54, 1.807) is 0 Å². The minimum atomic E-state index is -4.25. The van der Waals surface area contributed by atoms with Crippen molar-refractivity contribution in [3.05, 3.63) is 12.3 Å². The smallest absolute Gasteiger partial charge is 0.326 e. The van der Waals surface area contributed by atoms with E-state index in [0.29, 0.717) is 17.5 Å². The molecule has 0 aromatic rings. The number of rotatable bonds is 3. The number of alkyl halides is 3. The van der Waals surface area contributed by atoms with E-state index in [4.69, 9.17) is 0 Å². The summed E-state index contributed by atoms with van der Waals surface area (Å²) in [7, 11) is 0. The van der Waals surface area contributed by atoms with Crippen LogP contribution < -0.4 is 4.72 Å². The predicted octanol–water partition coefficient (Wildman–Crippen LogP) is 5.11. The largest absolute Gasteiger partial charge is 0.461 e. The van der Waals surface area contributed by atoms with Crippen molar-refractivity contribution in [3.8, 4) is 0 Å². The van der Waals surface area contributed by atoms with Crippen LogP contribution in [-0.2, 0) is 0 Å². The van der Waals surface area contributed by atoms with Crippen molar-refractivity contribution >= 4 is 11.9 Å². The highest BCUT2D eigenvalue weighted by Gasteiger charge is 2.43. The van der Waals surface area contributed by atoms with Crippen LogP contribution in [0.3, 0.4) is 0 Å². The molecule has 1 nitrogen and oxygen atoms in total. The summed E-state index contributed by atoms with van der Waals surface area (Å²) in [5.41, 5.74) is -3.90. The molecule has 0 aromatic heterocycles. The van der Waals surface area contributed by atoms with E-state index in [0.717, 1.165) is 18.8 Å². The number of nitrogens with one attached hydrogen (secondary N) is 1. The summed E-state index contributed by atoms with van der Waals surface area (Å²) in [5.74, 6) is 2.07. The fraction of sp³-hybridized carbons (Fsp3) is 0.857. The van der Waals surface area contributed by atoms with Gasteiger partial charge in [-0.15, -0.1) is 0 Å². The third-order valence-corrected chi connectivity index (χ3v) is 5.21. The van der Waals surface area contributed by atoms with Crippen molar-refractivity contribution in [2.75, 3.05) is 0 Å². The SMILES string of the molecule is C=C(NSC(F)(F)F)C1(C)CC2CC(C)CC(C2)C1. The molecule has 0 radical (unpaired) electrons. The van der Waals surface area contributed by atoms with Crippen LogP contribution in [0, 0.1) is 23.2 Å². The molecule has 2 aliphatic rings. The van der Waals surface area contributed by atoms with Gasteiger partial charge in [-0.25, -0.2) is 0 Å². The minimum absolute atomic E-state index is 0.187. The highest BCUT2D eigenvalue weighted by molar-refractivity contribution is 7.98. The third-order valence-electron chi connectivity index (χ3n) is 4.63. The Balaban J connectivity index is 1.97. The van der Waals surface area contributed by atoms with E-state index in [2.05, 4.69) is 25.1 Å². The molecule has 2 unspecified atom stereocenters. The molecule has 0 saturated heterocycles. The van der Waals surface area contributed by atoms with E-state index in [1.807, 2.05) is 0 Å². The Morgan fingerprint density at radius 2 is 1.74 bits per heavy atom. The molecular weight excluding hydrogens is 271 g/mol. The van der Waals surface area contributed by atoms with E-state index in [1.165, 1.54) is 19.3 Å². The standard InChI is InChI=1S/C14H22F3NS/c1-9-4-11-6-12(5-9)8-13(3,7-11)10(2)18-19-14(15,16)17/h9,11-12,18H,2,4-8H2,1,3H3. The van der Waals surface area contributed by atoms with Gasteiger partial charge < -0.3 is 4.72 Å². The van der Waals surface area contributed by atoms with Gasteiger partial charge in [-0.1, -0.05) is 20.4 Å². The highest BCUT2D eigenvalue weighted by Crippen LogP contribution is 2.52. The van der Waals surface area contributed by atoms with Gasteiger partial charge in [0.2, 0.25) is 0 Å². The number of hydrogen-bond acceptors (Lipinski definition) is 2. The number of fused-ring (bicyclic) bond motifs is 2. The molecule has 2 bridgehead atoms. The molecule has 0 heterocycles. The van der Waals surface area contributed by atoms with E-state index in [9.17, 15) is 13.2 Å². The predicted molar refractivity (Wildman–Crippen MR) is 73.3 cm³/mol. The molecule has 2 saturated carbocycles. The van der Waals surface area contributed by atoms with E-state index >= 15 is 0 Å². The number of halogens is 3. The molecule has 0 amide bonds. The van der Waals surface area contributed by atoms with Gasteiger partial charge in [0.25, 0.3) is 0 Å². The lowest BCUT2D eigenvalue weighted by Crippen LogP contribution is -2.39. The fourth-order valence-electron chi connectivity index (χ4n) is 4.08. The van der Waals surface area contributed by atoms with E-state index < -0.39 is 5.51 Å². The first-order valence-corrected chi connectivity index (χ1v) is 7.70. The van der Waals surface area contributed by atoms with Crippen molar-refractivity contribution in [2.45, 2.75) is 51.5 Å². The zero-order chi connectivity index (χ0) is 14.3. The molecule has 0 aromatic carbocycles. The summed E-state index contributed by atoms with van der Waals surface area (Å²) in [6.45, 7) is 8.22. The van der Waals surface area contributed by atoms with Crippen molar-refractivity contribution in [2.24, 2.45) is 23.2 Å². The summed E-state index contributed by atoms with van der Waals surface area (Å²) < 4.78 is 39.2. The monoisotopic (exact) mass is 293 g/mol. The van der Waals surface area contributed by atoms with E-state index in [-0.39, 0.29) is 17.4 Å². The van der Waals surface area contributed by atoms with Gasteiger partial charge in [-0.05, 0) is 49.9 Å². The van der Waals surface area contributed by atoms with Crippen LogP contribution >= 0.6 is 11.9 Å². The maximum atomic E-state index is 12.2. The van der Waals surface area contributed by atoms with Crippen LogP contribution in [0.2, 0.25) is 0 Å². The summed E-state index contributed by atoms with van der Waals surface area (Å²) in [4.78, 5) is 0. The molecule has 2 fully saturated rings. The van der Waals surface area contributed by atoms with Crippen LogP contribution in [0.1, 0.15) is 46.0 Å². The fourth-order valence-corrected chi connectivity index (χ4v) is 4.56. The summed E-state index contributed by atoms with van der Waals surface area (Å²) in [5, 5.41) is 0. The average molecular weight is 293 g/mol.